The lowest BCUT2D eigenvalue weighted by Gasteiger charge is -2.11. The van der Waals surface area contributed by atoms with Gasteiger partial charge in [-0.25, -0.2) is 4.79 Å². The van der Waals surface area contributed by atoms with Crippen molar-refractivity contribution < 1.29 is 14.6 Å². The summed E-state index contributed by atoms with van der Waals surface area (Å²) in [7, 11) is 0. The molecule has 0 saturated heterocycles. The van der Waals surface area contributed by atoms with E-state index in [4.69, 9.17) is 21.4 Å². The molecule has 0 unspecified atom stereocenters. The van der Waals surface area contributed by atoms with Gasteiger partial charge in [0.05, 0.1) is 17.2 Å². The number of rotatable bonds is 4. The van der Waals surface area contributed by atoms with Crippen LogP contribution in [0.3, 0.4) is 0 Å². The van der Waals surface area contributed by atoms with E-state index in [1.165, 1.54) is 31.7 Å². The number of halogens is 1. The Hall–Kier alpha value is -1.22. The molecular weight excluding hydrogens is 240 g/mol. The number of carbonyl (C=O) groups is 1. The Kier molecular flexibility index (Phi) is 3.89. The molecule has 1 aliphatic carbocycles. The van der Waals surface area contributed by atoms with E-state index in [0.29, 0.717) is 18.3 Å². The fraction of sp³-hybridized carbons (Fsp3) is 0.462. The van der Waals surface area contributed by atoms with Crippen LogP contribution in [-0.4, -0.2) is 17.7 Å². The van der Waals surface area contributed by atoms with Crippen molar-refractivity contribution in [2.24, 2.45) is 5.92 Å². The highest BCUT2D eigenvalue weighted by atomic mass is 35.5. The minimum absolute atomic E-state index is 0.111. The molecule has 0 amide bonds. The van der Waals surface area contributed by atoms with Gasteiger partial charge in [0.2, 0.25) is 0 Å². The van der Waals surface area contributed by atoms with E-state index in [9.17, 15) is 4.79 Å². The molecule has 1 aromatic rings. The summed E-state index contributed by atoms with van der Waals surface area (Å²) in [6, 6.07) is 4.71. The lowest BCUT2D eigenvalue weighted by Crippen LogP contribution is -2.08. The number of hydrogen-bond donors (Lipinski definition) is 1. The SMILES string of the molecule is O=C(O)c1ccc(OCC2CCCC2)cc1Cl. The molecule has 17 heavy (non-hydrogen) atoms. The third kappa shape index (κ3) is 3.13. The number of benzene rings is 1. The number of carboxylic acid groups (broad SMARTS) is 1. The van der Waals surface area contributed by atoms with Crippen molar-refractivity contribution >= 4 is 17.6 Å². The Balaban J connectivity index is 1.97. The van der Waals surface area contributed by atoms with Crippen molar-refractivity contribution in [2.45, 2.75) is 25.7 Å². The molecule has 1 aromatic carbocycles. The van der Waals surface area contributed by atoms with Crippen molar-refractivity contribution in [2.75, 3.05) is 6.61 Å². The van der Waals surface area contributed by atoms with Gasteiger partial charge in [-0.2, -0.15) is 0 Å². The second kappa shape index (κ2) is 5.41. The van der Waals surface area contributed by atoms with Gasteiger partial charge >= 0.3 is 5.97 Å². The summed E-state index contributed by atoms with van der Waals surface area (Å²) in [5.41, 5.74) is 0.111. The van der Waals surface area contributed by atoms with E-state index in [-0.39, 0.29) is 10.6 Å². The number of hydrogen-bond acceptors (Lipinski definition) is 2. The van der Waals surface area contributed by atoms with Crippen LogP contribution in [0.5, 0.6) is 5.75 Å². The predicted octanol–water partition coefficient (Wildman–Crippen LogP) is 3.61. The van der Waals surface area contributed by atoms with Crippen LogP contribution in [0.25, 0.3) is 0 Å². The molecule has 0 aromatic heterocycles. The molecular formula is C13H15ClO3. The predicted molar refractivity (Wildman–Crippen MR) is 65.9 cm³/mol. The molecule has 1 N–H and O–H groups in total. The third-order valence-corrected chi connectivity index (χ3v) is 3.44. The molecule has 92 valence electrons. The Bertz CT molecular complexity index is 411. The molecule has 2 rings (SSSR count). The average molecular weight is 255 g/mol. The molecule has 0 aliphatic heterocycles. The summed E-state index contributed by atoms with van der Waals surface area (Å²) >= 11 is 5.86. The van der Waals surface area contributed by atoms with Crippen LogP contribution in [0.2, 0.25) is 5.02 Å². The van der Waals surface area contributed by atoms with Crippen LogP contribution in [0.1, 0.15) is 36.0 Å². The summed E-state index contributed by atoms with van der Waals surface area (Å²) in [6.45, 7) is 0.697. The molecule has 0 radical (unpaired) electrons. The van der Waals surface area contributed by atoms with E-state index >= 15 is 0 Å². The number of carboxylic acids is 1. The Morgan fingerprint density at radius 1 is 1.41 bits per heavy atom. The van der Waals surface area contributed by atoms with Crippen LogP contribution in [0, 0.1) is 5.92 Å². The van der Waals surface area contributed by atoms with Crippen LogP contribution < -0.4 is 4.74 Å². The van der Waals surface area contributed by atoms with E-state index in [0.717, 1.165) is 0 Å². The Labute approximate surface area is 105 Å². The normalized spacial score (nSPS) is 16.1. The fourth-order valence-electron chi connectivity index (χ4n) is 2.15. The van der Waals surface area contributed by atoms with Crippen LogP contribution in [0.4, 0.5) is 0 Å². The van der Waals surface area contributed by atoms with Crippen LogP contribution >= 0.6 is 11.6 Å². The Morgan fingerprint density at radius 2 is 2.12 bits per heavy atom. The fourth-order valence-corrected chi connectivity index (χ4v) is 2.40. The summed E-state index contributed by atoms with van der Waals surface area (Å²) in [4.78, 5) is 10.8. The van der Waals surface area contributed by atoms with Crippen molar-refractivity contribution in [3.05, 3.63) is 28.8 Å². The Morgan fingerprint density at radius 3 is 2.71 bits per heavy atom. The van der Waals surface area contributed by atoms with Crippen LogP contribution in [-0.2, 0) is 0 Å². The first-order chi connectivity index (χ1) is 8.16. The smallest absolute Gasteiger partial charge is 0.337 e. The largest absolute Gasteiger partial charge is 0.493 e. The molecule has 1 saturated carbocycles. The van der Waals surface area contributed by atoms with Gasteiger partial charge < -0.3 is 9.84 Å². The van der Waals surface area contributed by atoms with Gasteiger partial charge in [-0.3, -0.25) is 0 Å². The zero-order valence-electron chi connectivity index (χ0n) is 9.49. The van der Waals surface area contributed by atoms with Crippen molar-refractivity contribution in [1.82, 2.24) is 0 Å². The topological polar surface area (TPSA) is 46.5 Å². The van der Waals surface area contributed by atoms with Crippen molar-refractivity contribution in [3.8, 4) is 5.75 Å². The zero-order chi connectivity index (χ0) is 12.3. The summed E-state index contributed by atoms with van der Waals surface area (Å²) in [6.07, 6.45) is 5.02. The van der Waals surface area contributed by atoms with Gasteiger partial charge in [0.1, 0.15) is 5.75 Å². The highest BCUT2D eigenvalue weighted by Crippen LogP contribution is 2.27. The highest BCUT2D eigenvalue weighted by molar-refractivity contribution is 6.33. The molecule has 0 heterocycles. The van der Waals surface area contributed by atoms with E-state index in [1.807, 2.05) is 0 Å². The van der Waals surface area contributed by atoms with Gasteiger partial charge in [-0.05, 0) is 37.0 Å². The lowest BCUT2D eigenvalue weighted by atomic mass is 10.1. The summed E-state index contributed by atoms with van der Waals surface area (Å²) in [5.74, 6) is 0.261. The van der Waals surface area contributed by atoms with Gasteiger partial charge in [-0.15, -0.1) is 0 Å². The second-order valence-electron chi connectivity index (χ2n) is 4.41. The average Bonchev–Trinajstić information content (AvgIpc) is 2.78. The summed E-state index contributed by atoms with van der Waals surface area (Å²) < 4.78 is 5.63. The number of aromatic carboxylic acids is 1. The maximum Gasteiger partial charge on any atom is 0.337 e. The quantitative estimate of drug-likeness (QED) is 0.893. The second-order valence-corrected chi connectivity index (χ2v) is 4.82. The first-order valence-electron chi connectivity index (χ1n) is 5.82. The highest BCUT2D eigenvalue weighted by Gasteiger charge is 2.16. The van der Waals surface area contributed by atoms with E-state index in [2.05, 4.69) is 0 Å². The first-order valence-corrected chi connectivity index (χ1v) is 6.20. The number of ether oxygens (including phenoxy) is 1. The molecule has 0 atom stereocenters. The molecule has 3 nitrogen and oxygen atoms in total. The van der Waals surface area contributed by atoms with Crippen LogP contribution in [0.15, 0.2) is 18.2 Å². The summed E-state index contributed by atoms with van der Waals surface area (Å²) in [5, 5.41) is 9.06. The minimum Gasteiger partial charge on any atom is -0.493 e. The molecule has 1 fully saturated rings. The van der Waals surface area contributed by atoms with E-state index < -0.39 is 5.97 Å². The van der Waals surface area contributed by atoms with E-state index in [1.54, 1.807) is 12.1 Å². The maximum atomic E-state index is 10.8. The minimum atomic E-state index is -1.02. The van der Waals surface area contributed by atoms with Gasteiger partial charge in [0, 0.05) is 0 Å². The third-order valence-electron chi connectivity index (χ3n) is 3.13. The zero-order valence-corrected chi connectivity index (χ0v) is 10.2. The van der Waals surface area contributed by atoms with Crippen molar-refractivity contribution in [3.63, 3.8) is 0 Å². The monoisotopic (exact) mass is 254 g/mol. The van der Waals surface area contributed by atoms with Gasteiger partial charge in [0.25, 0.3) is 0 Å². The molecule has 4 heteroatoms. The first kappa shape index (κ1) is 12.2. The molecule has 1 aliphatic rings. The van der Waals surface area contributed by atoms with Gasteiger partial charge in [0.15, 0.2) is 0 Å². The van der Waals surface area contributed by atoms with Crippen molar-refractivity contribution in [1.29, 1.82) is 0 Å². The van der Waals surface area contributed by atoms with Gasteiger partial charge in [-0.1, -0.05) is 24.4 Å². The lowest BCUT2D eigenvalue weighted by molar-refractivity contribution is 0.0697. The maximum absolute atomic E-state index is 10.8. The molecule has 0 spiro atoms. The molecule has 0 bridgehead atoms. The standard InChI is InChI=1S/C13H15ClO3/c14-12-7-10(5-6-11(12)13(15)16)17-8-9-3-1-2-4-9/h5-7,9H,1-4,8H2,(H,15,16).